The highest BCUT2D eigenvalue weighted by Crippen LogP contribution is 2.31. The quantitative estimate of drug-likeness (QED) is 0.594. The zero-order valence-corrected chi connectivity index (χ0v) is 11.1. The SMILES string of the molecule is CCOC(=O)C(C(=O)OCC)C1CCCC(O)C1. The third kappa shape index (κ3) is 3.98. The Kier molecular flexibility index (Phi) is 6.12. The van der Waals surface area contributed by atoms with Gasteiger partial charge in [-0.05, 0) is 39.0 Å². The molecule has 5 heteroatoms. The minimum atomic E-state index is -0.889. The molecule has 5 nitrogen and oxygen atoms in total. The molecule has 0 heterocycles. The Bertz CT molecular complexity index is 271. The number of esters is 2. The van der Waals surface area contributed by atoms with Crippen molar-refractivity contribution in [2.75, 3.05) is 13.2 Å². The van der Waals surface area contributed by atoms with Crippen LogP contribution in [0.4, 0.5) is 0 Å². The van der Waals surface area contributed by atoms with Crippen LogP contribution in [-0.2, 0) is 19.1 Å². The lowest BCUT2D eigenvalue weighted by Crippen LogP contribution is -2.37. The standard InChI is InChI=1S/C13H22O5/c1-3-17-12(15)11(13(16)18-4-2)9-6-5-7-10(14)8-9/h9-11,14H,3-8H2,1-2H3. The Balaban J connectivity index is 2.75. The van der Waals surface area contributed by atoms with E-state index < -0.39 is 24.0 Å². The van der Waals surface area contributed by atoms with Crippen LogP contribution in [0.2, 0.25) is 0 Å². The van der Waals surface area contributed by atoms with Crippen molar-refractivity contribution in [3.63, 3.8) is 0 Å². The Hall–Kier alpha value is -1.10. The van der Waals surface area contributed by atoms with Gasteiger partial charge in [0.05, 0.1) is 19.3 Å². The number of carbonyl (C=O) groups is 2. The normalized spacial score (nSPS) is 23.8. The van der Waals surface area contributed by atoms with Crippen molar-refractivity contribution >= 4 is 11.9 Å². The van der Waals surface area contributed by atoms with E-state index in [-0.39, 0.29) is 19.1 Å². The average molecular weight is 258 g/mol. The van der Waals surface area contributed by atoms with Gasteiger partial charge < -0.3 is 14.6 Å². The summed E-state index contributed by atoms with van der Waals surface area (Å²) in [6.07, 6.45) is 2.33. The molecule has 104 valence electrons. The van der Waals surface area contributed by atoms with Crippen LogP contribution in [0.15, 0.2) is 0 Å². The lowest BCUT2D eigenvalue weighted by Gasteiger charge is -2.29. The molecule has 2 unspecified atom stereocenters. The van der Waals surface area contributed by atoms with E-state index in [1.807, 2.05) is 0 Å². The smallest absolute Gasteiger partial charge is 0.320 e. The Morgan fingerprint density at radius 3 is 2.17 bits per heavy atom. The number of carbonyl (C=O) groups excluding carboxylic acids is 2. The van der Waals surface area contributed by atoms with E-state index in [1.165, 1.54) is 0 Å². The molecule has 0 amide bonds. The third-order valence-electron chi connectivity index (χ3n) is 3.24. The van der Waals surface area contributed by atoms with Crippen molar-refractivity contribution in [1.29, 1.82) is 0 Å². The van der Waals surface area contributed by atoms with Crippen LogP contribution in [-0.4, -0.2) is 36.4 Å². The van der Waals surface area contributed by atoms with Gasteiger partial charge in [-0.3, -0.25) is 9.59 Å². The zero-order valence-electron chi connectivity index (χ0n) is 11.1. The zero-order chi connectivity index (χ0) is 13.5. The van der Waals surface area contributed by atoms with Gasteiger partial charge in [-0.1, -0.05) is 6.42 Å². The molecule has 2 atom stereocenters. The first-order valence-electron chi connectivity index (χ1n) is 6.61. The first-order valence-corrected chi connectivity index (χ1v) is 6.61. The monoisotopic (exact) mass is 258 g/mol. The molecule has 0 bridgehead atoms. The van der Waals surface area contributed by atoms with E-state index in [4.69, 9.17) is 9.47 Å². The first-order chi connectivity index (χ1) is 8.60. The molecule has 18 heavy (non-hydrogen) atoms. The second-order valence-electron chi connectivity index (χ2n) is 4.56. The van der Waals surface area contributed by atoms with Crippen molar-refractivity contribution in [3.05, 3.63) is 0 Å². The molecule has 0 aromatic rings. The first kappa shape index (κ1) is 15.0. The predicted molar refractivity (Wildman–Crippen MR) is 64.7 cm³/mol. The molecule has 1 saturated carbocycles. The fourth-order valence-corrected chi connectivity index (χ4v) is 2.45. The van der Waals surface area contributed by atoms with Crippen molar-refractivity contribution in [2.45, 2.75) is 45.6 Å². The van der Waals surface area contributed by atoms with Gasteiger partial charge in [-0.2, -0.15) is 0 Å². The van der Waals surface area contributed by atoms with Gasteiger partial charge in [0.2, 0.25) is 0 Å². The third-order valence-corrected chi connectivity index (χ3v) is 3.24. The summed E-state index contributed by atoms with van der Waals surface area (Å²) in [5.74, 6) is -2.13. The number of hydrogen-bond donors (Lipinski definition) is 1. The van der Waals surface area contributed by atoms with Crippen molar-refractivity contribution in [2.24, 2.45) is 11.8 Å². The Morgan fingerprint density at radius 2 is 1.72 bits per heavy atom. The highest BCUT2D eigenvalue weighted by atomic mass is 16.6. The Morgan fingerprint density at radius 1 is 1.17 bits per heavy atom. The summed E-state index contributed by atoms with van der Waals surface area (Å²) in [5.41, 5.74) is 0. The van der Waals surface area contributed by atoms with Crippen LogP contribution in [0.3, 0.4) is 0 Å². The van der Waals surface area contributed by atoms with E-state index in [1.54, 1.807) is 13.8 Å². The Labute approximate surface area is 107 Å². The number of hydrogen-bond acceptors (Lipinski definition) is 5. The average Bonchev–Trinajstić information content (AvgIpc) is 2.30. The van der Waals surface area contributed by atoms with E-state index in [0.717, 1.165) is 19.3 Å². The second-order valence-corrected chi connectivity index (χ2v) is 4.56. The van der Waals surface area contributed by atoms with Gasteiger partial charge in [0, 0.05) is 0 Å². The van der Waals surface area contributed by atoms with Crippen LogP contribution in [0.5, 0.6) is 0 Å². The fourth-order valence-electron chi connectivity index (χ4n) is 2.45. The number of aliphatic hydroxyl groups excluding tert-OH is 1. The highest BCUT2D eigenvalue weighted by molar-refractivity contribution is 5.95. The van der Waals surface area contributed by atoms with E-state index in [9.17, 15) is 14.7 Å². The van der Waals surface area contributed by atoms with Gasteiger partial charge in [0.25, 0.3) is 0 Å². The topological polar surface area (TPSA) is 72.8 Å². The summed E-state index contributed by atoms with van der Waals surface area (Å²) in [6.45, 7) is 3.89. The van der Waals surface area contributed by atoms with E-state index in [2.05, 4.69) is 0 Å². The maximum Gasteiger partial charge on any atom is 0.320 e. The molecule has 0 aliphatic heterocycles. The van der Waals surface area contributed by atoms with Gasteiger partial charge in [0.15, 0.2) is 5.92 Å². The molecule has 0 saturated heterocycles. The van der Waals surface area contributed by atoms with Crippen LogP contribution in [0, 0.1) is 11.8 Å². The molecule has 0 spiro atoms. The van der Waals surface area contributed by atoms with Crippen LogP contribution in [0.25, 0.3) is 0 Å². The second kappa shape index (κ2) is 7.36. The number of ether oxygens (including phenoxy) is 2. The minimum Gasteiger partial charge on any atom is -0.465 e. The van der Waals surface area contributed by atoms with Crippen LogP contribution in [0.1, 0.15) is 39.5 Å². The summed E-state index contributed by atoms with van der Waals surface area (Å²) in [5, 5.41) is 9.65. The molecule has 1 rings (SSSR count). The van der Waals surface area contributed by atoms with Crippen LogP contribution >= 0.6 is 0 Å². The molecular weight excluding hydrogens is 236 g/mol. The summed E-state index contributed by atoms with van der Waals surface area (Å²) >= 11 is 0. The molecule has 0 radical (unpaired) electrons. The molecule has 1 N–H and O–H groups in total. The maximum absolute atomic E-state index is 11.9. The minimum absolute atomic E-state index is 0.174. The largest absolute Gasteiger partial charge is 0.465 e. The lowest BCUT2D eigenvalue weighted by atomic mass is 9.78. The van der Waals surface area contributed by atoms with Crippen molar-refractivity contribution < 1.29 is 24.2 Å². The molecule has 1 aliphatic rings. The van der Waals surface area contributed by atoms with Gasteiger partial charge in [0.1, 0.15) is 0 Å². The maximum atomic E-state index is 11.9. The number of aliphatic hydroxyl groups is 1. The van der Waals surface area contributed by atoms with Crippen molar-refractivity contribution in [3.8, 4) is 0 Å². The molecule has 0 aromatic carbocycles. The molecule has 1 aliphatic carbocycles. The van der Waals surface area contributed by atoms with Gasteiger partial charge in [-0.25, -0.2) is 0 Å². The fraction of sp³-hybridized carbons (Fsp3) is 0.846. The summed E-state index contributed by atoms with van der Waals surface area (Å²) in [7, 11) is 0. The summed E-state index contributed by atoms with van der Waals surface area (Å²) in [4.78, 5) is 23.7. The van der Waals surface area contributed by atoms with E-state index >= 15 is 0 Å². The summed E-state index contributed by atoms with van der Waals surface area (Å²) in [6, 6.07) is 0. The lowest BCUT2D eigenvalue weighted by molar-refractivity contribution is -0.165. The highest BCUT2D eigenvalue weighted by Gasteiger charge is 2.39. The van der Waals surface area contributed by atoms with E-state index in [0.29, 0.717) is 6.42 Å². The molecule has 0 aromatic heterocycles. The summed E-state index contributed by atoms with van der Waals surface area (Å²) < 4.78 is 9.88. The van der Waals surface area contributed by atoms with Crippen molar-refractivity contribution in [1.82, 2.24) is 0 Å². The van der Waals surface area contributed by atoms with Gasteiger partial charge >= 0.3 is 11.9 Å². The van der Waals surface area contributed by atoms with Crippen LogP contribution < -0.4 is 0 Å². The molecule has 1 fully saturated rings. The number of rotatable bonds is 5. The predicted octanol–water partition coefficient (Wildman–Crippen LogP) is 1.28. The molecular formula is C13H22O5. The van der Waals surface area contributed by atoms with Gasteiger partial charge in [-0.15, -0.1) is 0 Å².